The highest BCUT2D eigenvalue weighted by atomic mass is 16.5. The summed E-state index contributed by atoms with van der Waals surface area (Å²) in [5.74, 6) is 1.10. The first-order valence-electron chi connectivity index (χ1n) is 5.60. The molecule has 0 saturated carbocycles. The topological polar surface area (TPSA) is 77.4 Å². The molecular formula is C10H18N4O2. The molecule has 0 radical (unpaired) electrons. The second kappa shape index (κ2) is 4.90. The maximum atomic E-state index is 5.82. The van der Waals surface area contributed by atoms with E-state index >= 15 is 0 Å². The van der Waals surface area contributed by atoms with E-state index in [4.69, 9.17) is 15.0 Å². The smallest absolute Gasteiger partial charge is 0.243 e. The normalized spacial score (nSPS) is 24.6. The van der Waals surface area contributed by atoms with Gasteiger partial charge in [0.05, 0.1) is 12.6 Å². The third-order valence-corrected chi connectivity index (χ3v) is 2.77. The van der Waals surface area contributed by atoms with Gasteiger partial charge in [0.15, 0.2) is 0 Å². The summed E-state index contributed by atoms with van der Waals surface area (Å²) >= 11 is 0. The van der Waals surface area contributed by atoms with Crippen molar-refractivity contribution in [3.8, 4) is 0 Å². The van der Waals surface area contributed by atoms with Gasteiger partial charge in [0.25, 0.3) is 0 Å². The van der Waals surface area contributed by atoms with Crippen LogP contribution in [0.5, 0.6) is 0 Å². The molecule has 6 heteroatoms. The fraction of sp³-hybridized carbons (Fsp3) is 0.800. The van der Waals surface area contributed by atoms with Gasteiger partial charge in [0.2, 0.25) is 11.7 Å². The Bertz CT molecular complexity index is 341. The molecule has 2 N–H and O–H groups in total. The average Bonchev–Trinajstić information content (AvgIpc) is 2.77. The van der Waals surface area contributed by atoms with Gasteiger partial charge in [-0.1, -0.05) is 12.1 Å². The molecule has 90 valence electrons. The van der Waals surface area contributed by atoms with E-state index in [-0.39, 0.29) is 12.1 Å². The van der Waals surface area contributed by atoms with Crippen LogP contribution in [-0.2, 0) is 4.74 Å². The van der Waals surface area contributed by atoms with Crippen molar-refractivity contribution in [3.63, 3.8) is 0 Å². The van der Waals surface area contributed by atoms with Crippen LogP contribution >= 0.6 is 0 Å². The van der Waals surface area contributed by atoms with Gasteiger partial charge in [-0.25, -0.2) is 0 Å². The second-order valence-corrected chi connectivity index (χ2v) is 4.13. The lowest BCUT2D eigenvalue weighted by Crippen LogP contribution is -2.35. The van der Waals surface area contributed by atoms with E-state index in [2.05, 4.69) is 15.0 Å². The third kappa shape index (κ3) is 2.40. The van der Waals surface area contributed by atoms with Crippen LogP contribution in [0.4, 0.5) is 0 Å². The van der Waals surface area contributed by atoms with Crippen molar-refractivity contribution in [2.45, 2.75) is 25.5 Å². The molecule has 0 spiro atoms. The predicted octanol–water partition coefficient (Wildman–Crippen LogP) is 0.482. The number of ether oxygens (including phenoxy) is 1. The molecule has 1 aromatic heterocycles. The molecule has 0 aliphatic carbocycles. The van der Waals surface area contributed by atoms with Gasteiger partial charge in [0, 0.05) is 13.1 Å². The fourth-order valence-corrected chi connectivity index (χ4v) is 1.64. The number of rotatable bonds is 3. The number of morpholine rings is 1. The quantitative estimate of drug-likeness (QED) is 0.808. The van der Waals surface area contributed by atoms with Crippen molar-refractivity contribution in [3.05, 3.63) is 11.7 Å². The summed E-state index contributed by atoms with van der Waals surface area (Å²) in [6.45, 7) is 4.42. The van der Waals surface area contributed by atoms with Crippen LogP contribution in [0, 0.1) is 0 Å². The van der Waals surface area contributed by atoms with E-state index in [1.807, 2.05) is 14.0 Å². The highest BCUT2D eigenvalue weighted by Crippen LogP contribution is 2.20. The van der Waals surface area contributed by atoms with Gasteiger partial charge in [-0.2, -0.15) is 4.98 Å². The molecule has 0 amide bonds. The van der Waals surface area contributed by atoms with E-state index in [0.717, 1.165) is 19.5 Å². The number of hydrogen-bond donors (Lipinski definition) is 1. The van der Waals surface area contributed by atoms with Gasteiger partial charge in [-0.3, -0.25) is 0 Å². The lowest BCUT2D eigenvalue weighted by molar-refractivity contribution is -0.0264. The molecule has 2 heterocycles. The number of likely N-dealkylation sites (N-methyl/N-ethyl adjacent to an activating group) is 1. The fourth-order valence-electron chi connectivity index (χ4n) is 1.64. The second-order valence-electron chi connectivity index (χ2n) is 4.13. The molecule has 1 aliphatic rings. The van der Waals surface area contributed by atoms with Gasteiger partial charge in [0.1, 0.15) is 6.10 Å². The summed E-state index contributed by atoms with van der Waals surface area (Å²) in [6.07, 6.45) is 0.688. The zero-order chi connectivity index (χ0) is 11.5. The minimum atomic E-state index is -0.178. The summed E-state index contributed by atoms with van der Waals surface area (Å²) < 4.78 is 10.7. The first kappa shape index (κ1) is 11.5. The Balaban J connectivity index is 2.06. The van der Waals surface area contributed by atoms with Gasteiger partial charge < -0.3 is 19.9 Å². The maximum absolute atomic E-state index is 5.82. The molecule has 1 aliphatic heterocycles. The van der Waals surface area contributed by atoms with Crippen molar-refractivity contribution >= 4 is 0 Å². The first-order chi connectivity index (χ1) is 7.70. The zero-order valence-electron chi connectivity index (χ0n) is 9.72. The van der Waals surface area contributed by atoms with E-state index < -0.39 is 0 Å². The molecule has 2 rings (SSSR count). The molecule has 2 atom stereocenters. The molecule has 0 aromatic carbocycles. The number of nitrogens with two attached hydrogens (primary N) is 1. The molecule has 1 unspecified atom stereocenters. The van der Waals surface area contributed by atoms with E-state index in [1.165, 1.54) is 0 Å². The average molecular weight is 226 g/mol. The summed E-state index contributed by atoms with van der Waals surface area (Å²) in [6, 6.07) is -0.178. The van der Waals surface area contributed by atoms with Gasteiger partial charge in [-0.05, 0) is 13.5 Å². The largest absolute Gasteiger partial charge is 0.367 e. The van der Waals surface area contributed by atoms with Crippen molar-refractivity contribution < 1.29 is 9.26 Å². The minimum absolute atomic E-state index is 0.0969. The van der Waals surface area contributed by atoms with E-state index in [0.29, 0.717) is 18.3 Å². The SMILES string of the molecule is CC[C@@H](N)c1nc(C2CN(C)CCO2)no1. The molecule has 16 heavy (non-hydrogen) atoms. The number of nitrogens with zero attached hydrogens (tertiary/aromatic N) is 3. The standard InChI is InChI=1S/C10H18N4O2/c1-3-7(11)10-12-9(13-16-10)8-6-14(2)4-5-15-8/h7-8H,3-6,11H2,1-2H3/t7-,8?/m1/s1. The van der Waals surface area contributed by atoms with Crippen LogP contribution in [0.1, 0.15) is 37.2 Å². The predicted molar refractivity (Wildman–Crippen MR) is 57.7 cm³/mol. The van der Waals surface area contributed by atoms with Gasteiger partial charge in [-0.15, -0.1) is 0 Å². The van der Waals surface area contributed by atoms with Crippen LogP contribution < -0.4 is 5.73 Å². The minimum Gasteiger partial charge on any atom is -0.367 e. The lowest BCUT2D eigenvalue weighted by atomic mass is 10.2. The molecule has 1 aromatic rings. The monoisotopic (exact) mass is 226 g/mol. The Kier molecular flexibility index (Phi) is 3.52. The molecule has 1 fully saturated rings. The molecule has 6 nitrogen and oxygen atoms in total. The summed E-state index contributed by atoms with van der Waals surface area (Å²) in [7, 11) is 2.05. The van der Waals surface area contributed by atoms with Crippen LogP contribution in [0.2, 0.25) is 0 Å². The Morgan fingerprint density at radius 2 is 2.44 bits per heavy atom. The van der Waals surface area contributed by atoms with Crippen molar-refractivity contribution in [2.75, 3.05) is 26.7 Å². The Morgan fingerprint density at radius 3 is 3.12 bits per heavy atom. The lowest BCUT2D eigenvalue weighted by Gasteiger charge is -2.27. The van der Waals surface area contributed by atoms with Crippen molar-refractivity contribution in [2.24, 2.45) is 5.73 Å². The van der Waals surface area contributed by atoms with E-state index in [9.17, 15) is 0 Å². The van der Waals surface area contributed by atoms with Crippen molar-refractivity contribution in [1.82, 2.24) is 15.0 Å². The summed E-state index contributed by atoms with van der Waals surface area (Å²) in [4.78, 5) is 6.47. The first-order valence-corrected chi connectivity index (χ1v) is 5.60. The van der Waals surface area contributed by atoms with Crippen LogP contribution in [0.25, 0.3) is 0 Å². The number of aromatic nitrogens is 2. The van der Waals surface area contributed by atoms with Crippen molar-refractivity contribution in [1.29, 1.82) is 0 Å². The van der Waals surface area contributed by atoms with Gasteiger partial charge >= 0.3 is 0 Å². The zero-order valence-corrected chi connectivity index (χ0v) is 9.72. The molecule has 0 bridgehead atoms. The Labute approximate surface area is 94.7 Å². The highest BCUT2D eigenvalue weighted by Gasteiger charge is 2.25. The molecular weight excluding hydrogens is 208 g/mol. The van der Waals surface area contributed by atoms with Crippen LogP contribution in [-0.4, -0.2) is 41.8 Å². The Morgan fingerprint density at radius 1 is 1.62 bits per heavy atom. The van der Waals surface area contributed by atoms with E-state index in [1.54, 1.807) is 0 Å². The maximum Gasteiger partial charge on any atom is 0.243 e. The summed E-state index contributed by atoms with van der Waals surface area (Å²) in [5, 5.41) is 3.93. The Hall–Kier alpha value is -0.980. The summed E-state index contributed by atoms with van der Waals surface area (Å²) in [5.41, 5.74) is 5.82. The highest BCUT2D eigenvalue weighted by molar-refractivity contribution is 4.96. The number of hydrogen-bond acceptors (Lipinski definition) is 6. The third-order valence-electron chi connectivity index (χ3n) is 2.77. The van der Waals surface area contributed by atoms with Crippen LogP contribution in [0.3, 0.4) is 0 Å². The molecule has 1 saturated heterocycles. The van der Waals surface area contributed by atoms with Crippen LogP contribution in [0.15, 0.2) is 4.52 Å².